The van der Waals surface area contributed by atoms with Crippen LogP contribution in [0.3, 0.4) is 0 Å². The van der Waals surface area contributed by atoms with Gasteiger partial charge in [0.25, 0.3) is 0 Å². The van der Waals surface area contributed by atoms with E-state index in [1.807, 2.05) is 30.3 Å². The Labute approximate surface area is 106 Å². The first-order valence-electron chi connectivity index (χ1n) is 6.31. The standard InChI is InChI=1S/C13H22O3Si/c1-3-5-12-15-17(14-11-4-2)16-13-9-7-6-8-10-13/h6-10,17H,3-5,11-12H2,1-2H3. The zero-order chi connectivity index (χ0) is 12.3. The smallest absolute Gasteiger partial charge is 0.503 e. The zero-order valence-electron chi connectivity index (χ0n) is 10.7. The highest BCUT2D eigenvalue weighted by Gasteiger charge is 2.16. The van der Waals surface area contributed by atoms with Crippen LogP contribution in [0.5, 0.6) is 5.75 Å². The molecule has 1 aromatic rings. The van der Waals surface area contributed by atoms with Crippen molar-refractivity contribution in [2.45, 2.75) is 33.1 Å². The summed E-state index contributed by atoms with van der Waals surface area (Å²) in [5.74, 6) is 0.830. The maximum atomic E-state index is 5.76. The number of hydrogen-bond donors (Lipinski definition) is 0. The van der Waals surface area contributed by atoms with Crippen LogP contribution in [0.2, 0.25) is 0 Å². The fourth-order valence-electron chi connectivity index (χ4n) is 1.26. The molecule has 1 rings (SSSR count). The van der Waals surface area contributed by atoms with E-state index < -0.39 is 9.53 Å². The Morgan fingerprint density at radius 2 is 1.65 bits per heavy atom. The van der Waals surface area contributed by atoms with Gasteiger partial charge in [-0.15, -0.1) is 0 Å². The Morgan fingerprint density at radius 3 is 2.29 bits per heavy atom. The summed E-state index contributed by atoms with van der Waals surface area (Å²) >= 11 is 0. The highest BCUT2D eigenvalue weighted by molar-refractivity contribution is 6.37. The lowest BCUT2D eigenvalue weighted by Gasteiger charge is -2.17. The van der Waals surface area contributed by atoms with Crippen molar-refractivity contribution in [2.75, 3.05) is 13.2 Å². The van der Waals surface area contributed by atoms with E-state index in [4.69, 9.17) is 13.3 Å². The summed E-state index contributed by atoms with van der Waals surface area (Å²) < 4.78 is 17.1. The molecule has 0 aliphatic carbocycles. The summed E-state index contributed by atoms with van der Waals surface area (Å²) in [6, 6.07) is 9.73. The van der Waals surface area contributed by atoms with Crippen molar-refractivity contribution in [2.24, 2.45) is 0 Å². The lowest BCUT2D eigenvalue weighted by molar-refractivity contribution is 0.138. The monoisotopic (exact) mass is 254 g/mol. The van der Waals surface area contributed by atoms with Crippen molar-refractivity contribution in [1.82, 2.24) is 0 Å². The van der Waals surface area contributed by atoms with Gasteiger partial charge in [-0.2, -0.15) is 0 Å². The number of para-hydroxylation sites is 1. The van der Waals surface area contributed by atoms with Gasteiger partial charge in [-0.1, -0.05) is 38.5 Å². The van der Waals surface area contributed by atoms with Crippen molar-refractivity contribution < 1.29 is 13.3 Å². The summed E-state index contributed by atoms with van der Waals surface area (Å²) in [5.41, 5.74) is 0. The molecule has 0 radical (unpaired) electrons. The van der Waals surface area contributed by atoms with Crippen molar-refractivity contribution >= 4 is 9.53 Å². The second-order valence-electron chi connectivity index (χ2n) is 3.81. The van der Waals surface area contributed by atoms with E-state index in [1.165, 1.54) is 0 Å². The van der Waals surface area contributed by atoms with Crippen LogP contribution < -0.4 is 4.43 Å². The molecule has 17 heavy (non-hydrogen) atoms. The van der Waals surface area contributed by atoms with Crippen LogP contribution in [-0.4, -0.2) is 22.7 Å². The summed E-state index contributed by atoms with van der Waals surface area (Å²) in [5, 5.41) is 0. The topological polar surface area (TPSA) is 27.7 Å². The lowest BCUT2D eigenvalue weighted by Crippen LogP contribution is -2.31. The average molecular weight is 254 g/mol. The molecule has 0 aromatic heterocycles. The van der Waals surface area contributed by atoms with Crippen molar-refractivity contribution in [3.05, 3.63) is 30.3 Å². The third kappa shape index (κ3) is 6.46. The van der Waals surface area contributed by atoms with Crippen LogP contribution in [0.4, 0.5) is 0 Å². The molecule has 0 spiro atoms. The normalized spacial score (nSPS) is 12.4. The fourth-order valence-corrected chi connectivity index (χ4v) is 2.66. The highest BCUT2D eigenvalue weighted by atomic mass is 28.3. The minimum absolute atomic E-state index is 0.704. The number of hydrogen-bond acceptors (Lipinski definition) is 3. The van der Waals surface area contributed by atoms with E-state index in [1.54, 1.807) is 0 Å². The van der Waals surface area contributed by atoms with Crippen molar-refractivity contribution in [1.29, 1.82) is 0 Å². The van der Waals surface area contributed by atoms with E-state index in [2.05, 4.69) is 13.8 Å². The molecular weight excluding hydrogens is 232 g/mol. The van der Waals surface area contributed by atoms with E-state index in [9.17, 15) is 0 Å². The quantitative estimate of drug-likeness (QED) is 0.501. The summed E-state index contributed by atoms with van der Waals surface area (Å²) in [7, 11) is -2.01. The Morgan fingerprint density at radius 1 is 0.941 bits per heavy atom. The Bertz CT molecular complexity index is 279. The third-order valence-corrected chi connectivity index (χ3v) is 3.67. The third-order valence-electron chi connectivity index (χ3n) is 2.19. The van der Waals surface area contributed by atoms with E-state index in [0.717, 1.165) is 31.6 Å². The number of rotatable bonds is 9. The fraction of sp³-hybridized carbons (Fsp3) is 0.538. The van der Waals surface area contributed by atoms with Gasteiger partial charge in [0.1, 0.15) is 5.75 Å². The molecule has 96 valence electrons. The maximum Gasteiger partial charge on any atom is 0.549 e. The first kappa shape index (κ1) is 14.2. The molecule has 0 fully saturated rings. The molecule has 0 amide bonds. The molecule has 1 aromatic carbocycles. The Kier molecular flexibility index (Phi) is 7.71. The molecular formula is C13H22O3Si. The molecule has 4 heteroatoms. The molecule has 0 saturated carbocycles. The predicted molar refractivity (Wildman–Crippen MR) is 71.3 cm³/mol. The van der Waals surface area contributed by atoms with Crippen molar-refractivity contribution in [3.8, 4) is 5.75 Å². The first-order chi connectivity index (χ1) is 8.36. The number of unbranched alkanes of at least 4 members (excludes halogenated alkanes) is 1. The Balaban J connectivity index is 2.39. The molecule has 3 nitrogen and oxygen atoms in total. The molecule has 0 N–H and O–H groups in total. The van der Waals surface area contributed by atoms with Crippen LogP contribution in [0.25, 0.3) is 0 Å². The molecule has 1 unspecified atom stereocenters. The van der Waals surface area contributed by atoms with Crippen LogP contribution in [-0.2, 0) is 8.85 Å². The van der Waals surface area contributed by atoms with Gasteiger partial charge >= 0.3 is 9.53 Å². The summed E-state index contributed by atoms with van der Waals surface area (Å²) in [6.07, 6.45) is 3.16. The van der Waals surface area contributed by atoms with Crippen LogP contribution in [0, 0.1) is 0 Å². The SMILES string of the molecule is CCCCO[SiH](OCCC)Oc1ccccc1. The minimum Gasteiger partial charge on any atom is -0.503 e. The van der Waals surface area contributed by atoms with Gasteiger partial charge < -0.3 is 13.3 Å². The molecule has 0 aliphatic rings. The second-order valence-corrected chi connectivity index (χ2v) is 5.29. The highest BCUT2D eigenvalue weighted by Crippen LogP contribution is 2.11. The second kappa shape index (κ2) is 9.21. The molecule has 0 heterocycles. The van der Waals surface area contributed by atoms with Gasteiger partial charge in [-0.05, 0) is 25.0 Å². The molecule has 0 aliphatic heterocycles. The van der Waals surface area contributed by atoms with E-state index in [-0.39, 0.29) is 0 Å². The van der Waals surface area contributed by atoms with Gasteiger partial charge in [0, 0.05) is 13.2 Å². The molecule has 0 bridgehead atoms. The molecule has 0 saturated heterocycles. The van der Waals surface area contributed by atoms with Gasteiger partial charge in [-0.3, -0.25) is 0 Å². The largest absolute Gasteiger partial charge is 0.549 e. The summed E-state index contributed by atoms with van der Waals surface area (Å²) in [6.45, 7) is 5.66. The minimum atomic E-state index is -2.01. The van der Waals surface area contributed by atoms with Crippen LogP contribution >= 0.6 is 0 Å². The van der Waals surface area contributed by atoms with Crippen molar-refractivity contribution in [3.63, 3.8) is 0 Å². The molecule has 1 atom stereocenters. The van der Waals surface area contributed by atoms with E-state index in [0.29, 0.717) is 6.61 Å². The van der Waals surface area contributed by atoms with Gasteiger partial charge in [0.15, 0.2) is 0 Å². The zero-order valence-corrected chi connectivity index (χ0v) is 11.9. The van der Waals surface area contributed by atoms with Gasteiger partial charge in [0.05, 0.1) is 0 Å². The van der Waals surface area contributed by atoms with E-state index >= 15 is 0 Å². The Hall–Kier alpha value is -0.843. The van der Waals surface area contributed by atoms with Crippen LogP contribution in [0.1, 0.15) is 33.1 Å². The van der Waals surface area contributed by atoms with Crippen LogP contribution in [0.15, 0.2) is 30.3 Å². The predicted octanol–water partition coefficient (Wildman–Crippen LogP) is 3.03. The lowest BCUT2D eigenvalue weighted by atomic mass is 10.3. The number of benzene rings is 1. The average Bonchev–Trinajstić information content (AvgIpc) is 2.37. The van der Waals surface area contributed by atoms with Gasteiger partial charge in [-0.25, -0.2) is 0 Å². The van der Waals surface area contributed by atoms with Gasteiger partial charge in [0.2, 0.25) is 0 Å². The summed E-state index contributed by atoms with van der Waals surface area (Å²) in [4.78, 5) is 0. The maximum absolute atomic E-state index is 5.76. The first-order valence-corrected chi connectivity index (χ1v) is 7.73.